The van der Waals surface area contributed by atoms with Crippen LogP contribution in [-0.4, -0.2) is 41.2 Å². The zero-order valence-corrected chi connectivity index (χ0v) is 18.5. The number of carbonyl (C=O) groups excluding carboxylic acids is 1. The van der Waals surface area contributed by atoms with Gasteiger partial charge in [0.15, 0.2) is 11.5 Å². The molecule has 10 heteroatoms. The number of fused-ring (bicyclic) bond motifs is 1. The first-order valence-electron chi connectivity index (χ1n) is 9.99. The number of amides is 1. The van der Waals surface area contributed by atoms with Crippen molar-refractivity contribution < 1.29 is 31.8 Å². The van der Waals surface area contributed by atoms with E-state index >= 15 is 0 Å². The van der Waals surface area contributed by atoms with Crippen LogP contribution in [0, 0.1) is 5.82 Å². The summed E-state index contributed by atoms with van der Waals surface area (Å²) >= 11 is 0. The first-order chi connectivity index (χ1) is 15.9. The third kappa shape index (κ3) is 5.01. The average Bonchev–Trinajstić information content (AvgIpc) is 2.83. The molecule has 4 rings (SSSR count). The van der Waals surface area contributed by atoms with Gasteiger partial charge in [0.25, 0.3) is 10.0 Å². The highest BCUT2D eigenvalue weighted by molar-refractivity contribution is 7.92. The molecule has 1 heterocycles. The lowest BCUT2D eigenvalue weighted by atomic mass is 10.3. The van der Waals surface area contributed by atoms with E-state index < -0.39 is 28.3 Å². The molecule has 33 heavy (non-hydrogen) atoms. The number of benzene rings is 3. The maximum Gasteiger partial charge on any atom is 0.264 e. The predicted octanol–water partition coefficient (Wildman–Crippen LogP) is 3.44. The van der Waals surface area contributed by atoms with Crippen LogP contribution in [0.1, 0.15) is 0 Å². The van der Waals surface area contributed by atoms with Gasteiger partial charge in [-0.15, -0.1) is 0 Å². The summed E-state index contributed by atoms with van der Waals surface area (Å²) in [6.45, 7) is 0.117. The molecule has 0 spiro atoms. The molecular weight excluding hydrogens is 451 g/mol. The molecule has 0 atom stereocenters. The lowest BCUT2D eigenvalue weighted by Crippen LogP contribution is -2.38. The van der Waals surface area contributed by atoms with Gasteiger partial charge in [-0.1, -0.05) is 6.07 Å². The zero-order chi connectivity index (χ0) is 23.4. The van der Waals surface area contributed by atoms with Gasteiger partial charge in [0.2, 0.25) is 5.91 Å². The standard InChI is InChI=1S/C23H21FN2O6S/c1-30-19-4-2-3-17(13-19)25-23(27)15-26(18-7-5-16(24)6-8-18)33(28,29)20-9-10-21-22(14-20)32-12-11-31-21/h2-10,13-14H,11-12,15H2,1H3,(H,25,27). The monoisotopic (exact) mass is 472 g/mol. The lowest BCUT2D eigenvalue weighted by Gasteiger charge is -2.25. The molecule has 1 N–H and O–H groups in total. The van der Waals surface area contributed by atoms with Crippen molar-refractivity contribution in [2.75, 3.05) is 36.5 Å². The fourth-order valence-corrected chi connectivity index (χ4v) is 4.70. The summed E-state index contributed by atoms with van der Waals surface area (Å²) in [5.74, 6) is 0.142. The van der Waals surface area contributed by atoms with Gasteiger partial charge < -0.3 is 19.5 Å². The topological polar surface area (TPSA) is 94.2 Å². The van der Waals surface area contributed by atoms with Crippen molar-refractivity contribution in [3.05, 3.63) is 72.5 Å². The molecular formula is C23H21FN2O6S. The second-order valence-electron chi connectivity index (χ2n) is 7.07. The molecule has 0 aromatic heterocycles. The Morgan fingerprint density at radius 1 is 1.03 bits per heavy atom. The van der Waals surface area contributed by atoms with Crippen LogP contribution < -0.4 is 23.8 Å². The van der Waals surface area contributed by atoms with Gasteiger partial charge in [0.05, 0.1) is 17.7 Å². The van der Waals surface area contributed by atoms with Gasteiger partial charge in [0.1, 0.15) is 31.3 Å². The summed E-state index contributed by atoms with van der Waals surface area (Å²) in [6.07, 6.45) is 0. The van der Waals surface area contributed by atoms with Gasteiger partial charge in [-0.25, -0.2) is 12.8 Å². The molecule has 0 bridgehead atoms. The largest absolute Gasteiger partial charge is 0.497 e. The fraction of sp³-hybridized carbons (Fsp3) is 0.174. The molecule has 0 saturated carbocycles. The second-order valence-corrected chi connectivity index (χ2v) is 8.94. The molecule has 0 radical (unpaired) electrons. The number of nitrogens with one attached hydrogen (secondary N) is 1. The van der Waals surface area contributed by atoms with Crippen molar-refractivity contribution in [2.24, 2.45) is 0 Å². The number of rotatable bonds is 7. The van der Waals surface area contributed by atoms with E-state index in [9.17, 15) is 17.6 Å². The lowest BCUT2D eigenvalue weighted by molar-refractivity contribution is -0.114. The number of ether oxygens (including phenoxy) is 3. The van der Waals surface area contributed by atoms with E-state index in [1.165, 1.54) is 37.4 Å². The minimum atomic E-state index is -4.21. The van der Waals surface area contributed by atoms with Gasteiger partial charge in [0, 0.05) is 17.8 Å². The van der Waals surface area contributed by atoms with E-state index in [4.69, 9.17) is 14.2 Å². The average molecular weight is 472 g/mol. The van der Waals surface area contributed by atoms with Gasteiger partial charge in [-0.2, -0.15) is 0 Å². The van der Waals surface area contributed by atoms with Crippen LogP contribution in [-0.2, 0) is 14.8 Å². The summed E-state index contributed by atoms with van der Waals surface area (Å²) in [4.78, 5) is 12.7. The van der Waals surface area contributed by atoms with E-state index in [-0.39, 0.29) is 10.6 Å². The van der Waals surface area contributed by atoms with Crippen molar-refractivity contribution in [1.29, 1.82) is 0 Å². The van der Waals surface area contributed by atoms with Crippen molar-refractivity contribution in [1.82, 2.24) is 0 Å². The predicted molar refractivity (Wildman–Crippen MR) is 120 cm³/mol. The van der Waals surface area contributed by atoms with Crippen LogP contribution in [0.2, 0.25) is 0 Å². The summed E-state index contributed by atoms with van der Waals surface area (Å²) in [6, 6.07) is 15.7. The summed E-state index contributed by atoms with van der Waals surface area (Å²) in [5, 5.41) is 2.66. The molecule has 8 nitrogen and oxygen atoms in total. The maximum atomic E-state index is 13.5. The molecule has 3 aromatic rings. The van der Waals surface area contributed by atoms with E-state index in [1.54, 1.807) is 24.3 Å². The van der Waals surface area contributed by atoms with E-state index in [2.05, 4.69) is 5.32 Å². The third-order valence-corrected chi connectivity index (χ3v) is 6.63. The van der Waals surface area contributed by atoms with Crippen molar-refractivity contribution in [3.63, 3.8) is 0 Å². The third-order valence-electron chi connectivity index (χ3n) is 4.86. The number of halogens is 1. The van der Waals surface area contributed by atoms with Crippen LogP contribution in [0.5, 0.6) is 17.2 Å². The maximum absolute atomic E-state index is 13.5. The molecule has 0 saturated heterocycles. The minimum Gasteiger partial charge on any atom is -0.497 e. The SMILES string of the molecule is COc1cccc(NC(=O)CN(c2ccc(F)cc2)S(=O)(=O)c2ccc3c(c2)OCCO3)c1. The highest BCUT2D eigenvalue weighted by Crippen LogP contribution is 2.34. The number of sulfonamides is 1. The Morgan fingerprint density at radius 2 is 1.76 bits per heavy atom. The van der Waals surface area contributed by atoms with Crippen LogP contribution in [0.15, 0.2) is 71.6 Å². The van der Waals surface area contributed by atoms with E-state index in [0.29, 0.717) is 36.1 Å². The quantitative estimate of drug-likeness (QED) is 0.566. The normalized spacial score (nSPS) is 12.7. The molecule has 0 aliphatic carbocycles. The number of hydrogen-bond acceptors (Lipinski definition) is 6. The summed E-state index contributed by atoms with van der Waals surface area (Å²) in [7, 11) is -2.71. The second kappa shape index (κ2) is 9.37. The zero-order valence-electron chi connectivity index (χ0n) is 17.7. The molecule has 1 aliphatic heterocycles. The van der Waals surface area contributed by atoms with Crippen molar-refractivity contribution in [3.8, 4) is 17.2 Å². The number of methoxy groups -OCH3 is 1. The molecule has 172 valence electrons. The van der Waals surface area contributed by atoms with Gasteiger partial charge in [-0.05, 0) is 48.5 Å². The Kier molecular flexibility index (Phi) is 6.36. The van der Waals surface area contributed by atoms with E-state index in [1.807, 2.05) is 0 Å². The molecule has 0 fully saturated rings. The summed E-state index contributed by atoms with van der Waals surface area (Å²) < 4.78 is 57.5. The van der Waals surface area contributed by atoms with Crippen LogP contribution >= 0.6 is 0 Å². The Hall–Kier alpha value is -3.79. The van der Waals surface area contributed by atoms with Gasteiger partial charge >= 0.3 is 0 Å². The number of anilines is 2. The van der Waals surface area contributed by atoms with Crippen LogP contribution in [0.25, 0.3) is 0 Å². The molecule has 0 unspecified atom stereocenters. The highest BCUT2D eigenvalue weighted by Gasteiger charge is 2.29. The molecule has 1 aliphatic rings. The van der Waals surface area contributed by atoms with Crippen molar-refractivity contribution >= 4 is 27.3 Å². The summed E-state index contributed by atoms with van der Waals surface area (Å²) in [5.41, 5.74) is 0.571. The van der Waals surface area contributed by atoms with Crippen molar-refractivity contribution in [2.45, 2.75) is 4.90 Å². The Labute approximate surface area is 190 Å². The number of hydrogen-bond donors (Lipinski definition) is 1. The fourth-order valence-electron chi connectivity index (χ4n) is 3.27. The van der Waals surface area contributed by atoms with Crippen LogP contribution in [0.4, 0.5) is 15.8 Å². The van der Waals surface area contributed by atoms with E-state index in [0.717, 1.165) is 16.4 Å². The number of carbonyl (C=O) groups is 1. The highest BCUT2D eigenvalue weighted by atomic mass is 32.2. The first-order valence-corrected chi connectivity index (χ1v) is 11.4. The Balaban J connectivity index is 1.66. The Bertz CT molecular complexity index is 1260. The number of nitrogens with zero attached hydrogens (tertiary/aromatic N) is 1. The smallest absolute Gasteiger partial charge is 0.264 e. The molecule has 1 amide bonds. The van der Waals surface area contributed by atoms with Gasteiger partial charge in [-0.3, -0.25) is 9.10 Å². The molecule has 3 aromatic carbocycles. The minimum absolute atomic E-state index is 0.0924. The first kappa shape index (κ1) is 22.4. The van der Waals surface area contributed by atoms with Crippen LogP contribution in [0.3, 0.4) is 0 Å². The Morgan fingerprint density at radius 3 is 2.48 bits per heavy atom.